The molecule has 3 N–H and O–H groups in total. The number of nitrogen functional groups attached to an aromatic ring is 1. The van der Waals surface area contributed by atoms with Crippen molar-refractivity contribution in [1.29, 1.82) is 0 Å². The first-order valence-corrected chi connectivity index (χ1v) is 7.87. The van der Waals surface area contributed by atoms with E-state index >= 15 is 0 Å². The minimum atomic E-state index is -3.83. The molecule has 0 saturated heterocycles. The normalized spacial score (nSPS) is 17.2. The number of nitro groups is 1. The lowest BCUT2D eigenvalue weighted by atomic mass is 9.80. The molecule has 0 spiro atoms. The summed E-state index contributed by atoms with van der Waals surface area (Å²) in [7, 11) is -2.28. The largest absolute Gasteiger partial charge is 0.397 e. The first-order valence-electron chi connectivity index (χ1n) is 6.38. The van der Waals surface area contributed by atoms with E-state index in [1.54, 1.807) is 7.11 Å². The highest BCUT2D eigenvalue weighted by molar-refractivity contribution is 7.89. The number of rotatable bonds is 6. The van der Waals surface area contributed by atoms with Gasteiger partial charge in [-0.25, -0.2) is 13.1 Å². The lowest BCUT2D eigenvalue weighted by molar-refractivity contribution is -0.384. The van der Waals surface area contributed by atoms with Crippen LogP contribution in [-0.4, -0.2) is 32.6 Å². The van der Waals surface area contributed by atoms with Crippen molar-refractivity contribution in [3.8, 4) is 0 Å². The number of benzene rings is 1. The molecular weight excluding hydrogens is 298 g/mol. The fourth-order valence-electron chi connectivity index (χ4n) is 2.22. The predicted molar refractivity (Wildman–Crippen MR) is 76.3 cm³/mol. The summed E-state index contributed by atoms with van der Waals surface area (Å²) in [5.41, 5.74) is 4.75. The van der Waals surface area contributed by atoms with Crippen molar-refractivity contribution in [3.05, 3.63) is 28.3 Å². The van der Waals surface area contributed by atoms with Gasteiger partial charge in [0, 0.05) is 25.8 Å². The van der Waals surface area contributed by atoms with E-state index < -0.39 is 20.5 Å². The molecule has 1 aliphatic rings. The summed E-state index contributed by atoms with van der Waals surface area (Å²) in [5.74, 6) is 0. The van der Waals surface area contributed by atoms with Crippen LogP contribution in [0.2, 0.25) is 0 Å². The molecule has 1 aliphatic carbocycles. The molecule has 1 aromatic carbocycles. The van der Waals surface area contributed by atoms with Gasteiger partial charge >= 0.3 is 0 Å². The second kappa shape index (κ2) is 5.58. The Balaban J connectivity index is 2.18. The van der Waals surface area contributed by atoms with E-state index in [9.17, 15) is 18.5 Å². The summed E-state index contributed by atoms with van der Waals surface area (Å²) < 4.78 is 32.2. The average molecular weight is 315 g/mol. The van der Waals surface area contributed by atoms with Gasteiger partial charge in [-0.3, -0.25) is 10.1 Å². The molecule has 0 aromatic heterocycles. The van der Waals surface area contributed by atoms with E-state index in [0.717, 1.165) is 37.5 Å². The van der Waals surface area contributed by atoms with E-state index in [0.29, 0.717) is 0 Å². The van der Waals surface area contributed by atoms with Crippen molar-refractivity contribution in [3.63, 3.8) is 0 Å². The number of anilines is 1. The highest BCUT2D eigenvalue weighted by Gasteiger charge is 2.38. The SMILES string of the molecule is COC1(CNS(=O)(=O)c2ccc([N+](=O)[O-])cc2N)CCC1. The third kappa shape index (κ3) is 3.14. The average Bonchev–Trinajstić information content (AvgIpc) is 2.37. The molecule has 0 heterocycles. The zero-order chi connectivity index (χ0) is 15.7. The molecule has 1 aromatic rings. The third-order valence-corrected chi connectivity index (χ3v) is 5.25. The number of sulfonamides is 1. The Labute approximate surface area is 122 Å². The number of nitro benzene ring substituents is 1. The molecule has 0 atom stereocenters. The fourth-order valence-corrected chi connectivity index (χ4v) is 3.45. The maximum atomic E-state index is 12.2. The Morgan fingerprint density at radius 3 is 2.57 bits per heavy atom. The van der Waals surface area contributed by atoms with Crippen LogP contribution in [0.5, 0.6) is 0 Å². The van der Waals surface area contributed by atoms with Gasteiger partial charge in [0.15, 0.2) is 0 Å². The molecule has 9 heteroatoms. The number of nitrogens with one attached hydrogen (secondary N) is 1. The summed E-state index contributed by atoms with van der Waals surface area (Å²) in [6, 6.07) is 3.28. The zero-order valence-corrected chi connectivity index (χ0v) is 12.4. The van der Waals surface area contributed by atoms with Crippen LogP contribution in [0.15, 0.2) is 23.1 Å². The summed E-state index contributed by atoms with van der Waals surface area (Å²) in [4.78, 5) is 9.83. The minimum Gasteiger partial charge on any atom is -0.397 e. The first kappa shape index (κ1) is 15.7. The highest BCUT2D eigenvalue weighted by atomic mass is 32.2. The number of hydrogen-bond donors (Lipinski definition) is 2. The van der Waals surface area contributed by atoms with E-state index in [2.05, 4.69) is 4.72 Å². The topological polar surface area (TPSA) is 125 Å². The number of ether oxygens (including phenoxy) is 1. The molecule has 0 aliphatic heterocycles. The van der Waals surface area contributed by atoms with Crippen LogP contribution >= 0.6 is 0 Å². The minimum absolute atomic E-state index is 0.155. The van der Waals surface area contributed by atoms with Gasteiger partial charge < -0.3 is 10.5 Å². The molecule has 21 heavy (non-hydrogen) atoms. The Bertz CT molecular complexity index is 649. The highest BCUT2D eigenvalue weighted by Crippen LogP contribution is 2.34. The summed E-state index contributed by atoms with van der Waals surface area (Å²) in [5, 5.41) is 10.6. The van der Waals surface area contributed by atoms with Gasteiger partial charge in [0.25, 0.3) is 5.69 Å². The summed E-state index contributed by atoms with van der Waals surface area (Å²) in [6.45, 7) is 0.155. The van der Waals surface area contributed by atoms with Crippen LogP contribution in [0.1, 0.15) is 19.3 Å². The van der Waals surface area contributed by atoms with Crippen LogP contribution in [0.3, 0.4) is 0 Å². The van der Waals surface area contributed by atoms with Crippen molar-refractivity contribution < 1.29 is 18.1 Å². The van der Waals surface area contributed by atoms with Gasteiger partial charge in [0.05, 0.1) is 16.2 Å². The van der Waals surface area contributed by atoms with Crippen molar-refractivity contribution in [2.24, 2.45) is 0 Å². The number of nitrogens with two attached hydrogens (primary N) is 1. The van der Waals surface area contributed by atoms with Crippen molar-refractivity contribution in [2.75, 3.05) is 19.4 Å². The van der Waals surface area contributed by atoms with E-state index in [4.69, 9.17) is 10.5 Å². The molecule has 0 bridgehead atoms. The molecule has 0 radical (unpaired) electrons. The maximum absolute atomic E-state index is 12.2. The fraction of sp³-hybridized carbons (Fsp3) is 0.500. The smallest absolute Gasteiger partial charge is 0.271 e. The second-order valence-corrected chi connectivity index (χ2v) is 6.78. The Kier molecular flexibility index (Phi) is 4.17. The molecule has 0 amide bonds. The Morgan fingerprint density at radius 1 is 1.48 bits per heavy atom. The summed E-state index contributed by atoms with van der Waals surface area (Å²) >= 11 is 0. The van der Waals surface area contributed by atoms with Gasteiger partial charge in [-0.1, -0.05) is 0 Å². The van der Waals surface area contributed by atoms with Crippen LogP contribution in [-0.2, 0) is 14.8 Å². The van der Waals surface area contributed by atoms with Gasteiger partial charge in [-0.2, -0.15) is 0 Å². The van der Waals surface area contributed by atoms with Gasteiger partial charge in [-0.05, 0) is 25.3 Å². The van der Waals surface area contributed by atoms with Crippen LogP contribution in [0, 0.1) is 10.1 Å². The van der Waals surface area contributed by atoms with Crippen molar-refractivity contribution >= 4 is 21.4 Å². The van der Waals surface area contributed by atoms with Crippen molar-refractivity contribution in [2.45, 2.75) is 29.8 Å². The van der Waals surface area contributed by atoms with Gasteiger partial charge in [-0.15, -0.1) is 0 Å². The van der Waals surface area contributed by atoms with Crippen LogP contribution in [0.4, 0.5) is 11.4 Å². The molecule has 2 rings (SSSR count). The summed E-state index contributed by atoms with van der Waals surface area (Å²) in [6.07, 6.45) is 2.58. The van der Waals surface area contributed by atoms with E-state index in [1.165, 1.54) is 0 Å². The van der Waals surface area contributed by atoms with Gasteiger partial charge in [0.2, 0.25) is 10.0 Å². The Morgan fingerprint density at radius 2 is 2.14 bits per heavy atom. The van der Waals surface area contributed by atoms with Crippen LogP contribution < -0.4 is 10.5 Å². The van der Waals surface area contributed by atoms with E-state index in [-0.39, 0.29) is 22.8 Å². The number of nitrogens with zero attached hydrogens (tertiary/aromatic N) is 1. The predicted octanol–water partition coefficient (Wildman–Crippen LogP) is 1.02. The Hall–Kier alpha value is -1.71. The standard InChI is InChI=1S/C12H17N3O5S/c1-20-12(5-2-6-12)8-14-21(18,19)11-4-3-9(15(16)17)7-10(11)13/h3-4,7,14H,2,5-6,8,13H2,1H3. The second-order valence-electron chi connectivity index (χ2n) is 5.04. The lowest BCUT2D eigenvalue weighted by Crippen LogP contribution is -2.49. The quantitative estimate of drug-likeness (QED) is 0.459. The molecule has 0 unspecified atom stereocenters. The van der Waals surface area contributed by atoms with E-state index in [1.807, 2.05) is 0 Å². The molecule has 1 saturated carbocycles. The zero-order valence-electron chi connectivity index (χ0n) is 11.5. The lowest BCUT2D eigenvalue weighted by Gasteiger charge is -2.40. The van der Waals surface area contributed by atoms with Crippen molar-refractivity contribution in [1.82, 2.24) is 4.72 Å². The first-order chi connectivity index (χ1) is 9.80. The maximum Gasteiger partial charge on any atom is 0.271 e. The number of hydrogen-bond acceptors (Lipinski definition) is 6. The third-order valence-electron chi connectivity index (χ3n) is 3.78. The van der Waals surface area contributed by atoms with Crippen LogP contribution in [0.25, 0.3) is 0 Å². The molecule has 8 nitrogen and oxygen atoms in total. The number of methoxy groups -OCH3 is 1. The monoisotopic (exact) mass is 315 g/mol. The number of non-ortho nitro benzene ring substituents is 1. The molecular formula is C12H17N3O5S. The molecule has 1 fully saturated rings. The molecule has 116 valence electrons. The van der Waals surface area contributed by atoms with Gasteiger partial charge in [0.1, 0.15) is 4.90 Å².